The molecule has 0 aromatic rings. The van der Waals surface area contributed by atoms with Gasteiger partial charge in [0.05, 0.1) is 13.2 Å². The van der Waals surface area contributed by atoms with Gasteiger partial charge in [-0.15, -0.1) is 0 Å². The smallest absolute Gasteiger partial charge is 0.410 e. The number of carbonyl (C=O) groups is 2. The molecule has 6 heteroatoms. The Morgan fingerprint density at radius 1 is 1.10 bits per heavy atom. The molecular formula is C15H26N2O4. The molecular weight excluding hydrogens is 272 g/mol. The van der Waals surface area contributed by atoms with Gasteiger partial charge in [0.15, 0.2) is 0 Å². The Morgan fingerprint density at radius 2 is 1.67 bits per heavy atom. The van der Waals surface area contributed by atoms with Crippen LogP contribution in [0.25, 0.3) is 0 Å². The summed E-state index contributed by atoms with van der Waals surface area (Å²) in [6.45, 7) is 11.4. The molecule has 2 aliphatic rings. The molecule has 2 fully saturated rings. The van der Waals surface area contributed by atoms with Gasteiger partial charge in [0.25, 0.3) is 0 Å². The second kappa shape index (κ2) is 6.22. The molecule has 0 aromatic heterocycles. The molecule has 0 bridgehead atoms. The zero-order valence-electron chi connectivity index (χ0n) is 13.4. The van der Waals surface area contributed by atoms with E-state index in [1.807, 2.05) is 27.7 Å². The molecule has 0 aliphatic carbocycles. The van der Waals surface area contributed by atoms with E-state index in [0.29, 0.717) is 25.0 Å². The number of nitrogens with zero attached hydrogens (tertiary/aromatic N) is 2. The molecule has 0 saturated carbocycles. The summed E-state index contributed by atoms with van der Waals surface area (Å²) < 4.78 is 10.4. The molecule has 2 aliphatic heterocycles. The van der Waals surface area contributed by atoms with Crippen molar-refractivity contribution < 1.29 is 19.1 Å². The molecule has 0 spiro atoms. The van der Waals surface area contributed by atoms with Gasteiger partial charge in [-0.1, -0.05) is 0 Å². The van der Waals surface area contributed by atoms with E-state index in [-0.39, 0.29) is 12.1 Å². The number of esters is 1. The van der Waals surface area contributed by atoms with Gasteiger partial charge in [-0.3, -0.25) is 9.69 Å². The second-order valence-electron chi connectivity index (χ2n) is 6.90. The van der Waals surface area contributed by atoms with Crippen molar-refractivity contribution >= 4 is 12.1 Å². The van der Waals surface area contributed by atoms with Crippen LogP contribution in [0.15, 0.2) is 0 Å². The Labute approximate surface area is 126 Å². The van der Waals surface area contributed by atoms with Crippen molar-refractivity contribution in [3.05, 3.63) is 0 Å². The maximum atomic E-state index is 12.1. The highest BCUT2D eigenvalue weighted by Crippen LogP contribution is 2.31. The Kier molecular flexibility index (Phi) is 4.76. The summed E-state index contributed by atoms with van der Waals surface area (Å²) in [6, 6.07) is 0. The molecule has 2 heterocycles. The van der Waals surface area contributed by atoms with Gasteiger partial charge >= 0.3 is 12.1 Å². The largest absolute Gasteiger partial charge is 0.465 e. The van der Waals surface area contributed by atoms with Gasteiger partial charge in [0, 0.05) is 26.2 Å². The average molecular weight is 298 g/mol. The maximum absolute atomic E-state index is 12.1. The third-order valence-corrected chi connectivity index (χ3v) is 3.87. The SMILES string of the molecule is CCOC(=O)CN1CC2CN(C(=O)OC(C)(C)C)CC2C1. The lowest BCUT2D eigenvalue weighted by Crippen LogP contribution is -2.38. The molecule has 2 unspecified atom stereocenters. The van der Waals surface area contributed by atoms with Crippen LogP contribution >= 0.6 is 0 Å². The van der Waals surface area contributed by atoms with E-state index in [0.717, 1.165) is 26.2 Å². The van der Waals surface area contributed by atoms with E-state index in [1.54, 1.807) is 4.90 Å². The summed E-state index contributed by atoms with van der Waals surface area (Å²) in [6.07, 6.45) is -0.228. The van der Waals surface area contributed by atoms with Crippen molar-refractivity contribution in [2.45, 2.75) is 33.3 Å². The number of fused-ring (bicyclic) bond motifs is 1. The standard InChI is InChI=1S/C15H26N2O4/c1-5-20-13(18)10-16-6-11-8-17(9-12(11)7-16)14(19)21-15(2,3)4/h11-12H,5-10H2,1-4H3. The molecule has 2 rings (SSSR count). The zero-order valence-corrected chi connectivity index (χ0v) is 13.4. The highest BCUT2D eigenvalue weighted by molar-refractivity contribution is 5.71. The van der Waals surface area contributed by atoms with Crippen LogP contribution in [0.3, 0.4) is 0 Å². The summed E-state index contributed by atoms with van der Waals surface area (Å²) in [5, 5.41) is 0. The van der Waals surface area contributed by atoms with E-state index in [2.05, 4.69) is 4.90 Å². The first-order chi connectivity index (χ1) is 9.78. The van der Waals surface area contributed by atoms with Crippen molar-refractivity contribution in [3.8, 4) is 0 Å². The zero-order chi connectivity index (χ0) is 15.6. The van der Waals surface area contributed by atoms with Crippen molar-refractivity contribution in [1.29, 1.82) is 0 Å². The molecule has 1 amide bonds. The first-order valence-electron chi connectivity index (χ1n) is 7.64. The first-order valence-corrected chi connectivity index (χ1v) is 7.64. The molecule has 120 valence electrons. The van der Waals surface area contributed by atoms with Gasteiger partial charge in [-0.25, -0.2) is 4.79 Å². The molecule has 0 radical (unpaired) electrons. The minimum atomic E-state index is -0.454. The lowest BCUT2D eigenvalue weighted by atomic mass is 10.0. The van der Waals surface area contributed by atoms with Crippen molar-refractivity contribution in [1.82, 2.24) is 9.80 Å². The number of hydrogen-bond acceptors (Lipinski definition) is 5. The Bertz CT molecular complexity index is 391. The third kappa shape index (κ3) is 4.33. The molecule has 0 aromatic carbocycles. The predicted molar refractivity (Wildman–Crippen MR) is 77.9 cm³/mol. The predicted octanol–water partition coefficient (Wildman–Crippen LogP) is 1.35. The van der Waals surface area contributed by atoms with E-state index >= 15 is 0 Å². The number of likely N-dealkylation sites (tertiary alicyclic amines) is 2. The van der Waals surface area contributed by atoms with Crippen LogP contribution in [0.5, 0.6) is 0 Å². The van der Waals surface area contributed by atoms with Crippen LogP contribution in [0, 0.1) is 11.8 Å². The number of hydrogen-bond donors (Lipinski definition) is 0. The maximum Gasteiger partial charge on any atom is 0.410 e. The van der Waals surface area contributed by atoms with Gasteiger partial charge in [-0.05, 0) is 39.5 Å². The molecule has 21 heavy (non-hydrogen) atoms. The Hall–Kier alpha value is -1.30. The minimum Gasteiger partial charge on any atom is -0.465 e. The van der Waals surface area contributed by atoms with Gasteiger partial charge in [0.1, 0.15) is 5.60 Å². The van der Waals surface area contributed by atoms with Crippen molar-refractivity contribution in [2.24, 2.45) is 11.8 Å². The van der Waals surface area contributed by atoms with Crippen LogP contribution in [0.2, 0.25) is 0 Å². The fraction of sp³-hybridized carbons (Fsp3) is 0.867. The molecule has 2 saturated heterocycles. The molecule has 6 nitrogen and oxygen atoms in total. The summed E-state index contributed by atoms with van der Waals surface area (Å²) in [4.78, 5) is 27.5. The van der Waals surface area contributed by atoms with E-state index < -0.39 is 5.60 Å². The summed E-state index contributed by atoms with van der Waals surface area (Å²) in [5.41, 5.74) is -0.454. The van der Waals surface area contributed by atoms with Gasteiger partial charge in [-0.2, -0.15) is 0 Å². The molecule has 0 N–H and O–H groups in total. The van der Waals surface area contributed by atoms with Crippen LogP contribution in [-0.2, 0) is 14.3 Å². The summed E-state index contributed by atoms with van der Waals surface area (Å²) in [5.74, 6) is 0.709. The fourth-order valence-electron chi connectivity index (χ4n) is 3.08. The van der Waals surface area contributed by atoms with Crippen LogP contribution in [0.4, 0.5) is 4.79 Å². The van der Waals surface area contributed by atoms with Crippen LogP contribution in [0.1, 0.15) is 27.7 Å². The normalized spacial score (nSPS) is 25.8. The first kappa shape index (κ1) is 16.1. The van der Waals surface area contributed by atoms with E-state index in [1.165, 1.54) is 0 Å². The quantitative estimate of drug-likeness (QED) is 0.736. The van der Waals surface area contributed by atoms with Crippen LogP contribution in [-0.4, -0.2) is 66.8 Å². The molecule has 2 atom stereocenters. The van der Waals surface area contributed by atoms with Gasteiger partial charge in [0.2, 0.25) is 0 Å². The number of amides is 1. The van der Waals surface area contributed by atoms with E-state index in [9.17, 15) is 9.59 Å². The average Bonchev–Trinajstić information content (AvgIpc) is 2.84. The summed E-state index contributed by atoms with van der Waals surface area (Å²) in [7, 11) is 0. The topological polar surface area (TPSA) is 59.1 Å². The highest BCUT2D eigenvalue weighted by Gasteiger charge is 2.43. The van der Waals surface area contributed by atoms with Gasteiger partial charge < -0.3 is 14.4 Å². The second-order valence-corrected chi connectivity index (χ2v) is 6.90. The summed E-state index contributed by atoms with van der Waals surface area (Å²) >= 11 is 0. The minimum absolute atomic E-state index is 0.165. The van der Waals surface area contributed by atoms with Crippen molar-refractivity contribution in [3.63, 3.8) is 0 Å². The Morgan fingerprint density at radius 3 is 2.14 bits per heavy atom. The Balaban J connectivity index is 1.79. The van der Waals surface area contributed by atoms with E-state index in [4.69, 9.17) is 9.47 Å². The number of ether oxygens (including phenoxy) is 2. The number of carbonyl (C=O) groups excluding carboxylic acids is 2. The third-order valence-electron chi connectivity index (χ3n) is 3.87. The highest BCUT2D eigenvalue weighted by atomic mass is 16.6. The van der Waals surface area contributed by atoms with Crippen LogP contribution < -0.4 is 0 Å². The number of rotatable bonds is 3. The lowest BCUT2D eigenvalue weighted by Gasteiger charge is -2.25. The fourth-order valence-corrected chi connectivity index (χ4v) is 3.08. The van der Waals surface area contributed by atoms with Crippen molar-refractivity contribution in [2.75, 3.05) is 39.3 Å². The monoisotopic (exact) mass is 298 g/mol. The lowest BCUT2D eigenvalue weighted by molar-refractivity contribution is -0.144.